The summed E-state index contributed by atoms with van der Waals surface area (Å²) in [5.41, 5.74) is 0. The number of aliphatic hydroxyl groups is 1. The van der Waals surface area contributed by atoms with E-state index in [0.29, 0.717) is 19.1 Å². The van der Waals surface area contributed by atoms with E-state index >= 15 is 0 Å². The number of piperazine rings is 1. The van der Waals surface area contributed by atoms with Crippen LogP contribution in [0.15, 0.2) is 0 Å². The van der Waals surface area contributed by atoms with E-state index in [1.165, 1.54) is 0 Å². The number of fused-ring (bicyclic) bond motifs is 1. The first-order valence-corrected chi connectivity index (χ1v) is 5.68. The van der Waals surface area contributed by atoms with E-state index in [1.54, 1.807) is 4.90 Å². The van der Waals surface area contributed by atoms with Crippen LogP contribution in [-0.4, -0.2) is 66.0 Å². The van der Waals surface area contributed by atoms with Crippen LogP contribution in [0.25, 0.3) is 0 Å². The summed E-state index contributed by atoms with van der Waals surface area (Å²) in [7, 11) is 0. The maximum atomic E-state index is 12.2. The zero-order chi connectivity index (χ0) is 11.8. The fourth-order valence-electron chi connectivity index (χ4n) is 2.57. The predicted octanol–water partition coefficient (Wildman–Crippen LogP) is 0.690. The first-order valence-electron chi connectivity index (χ1n) is 5.68. The molecule has 16 heavy (non-hydrogen) atoms. The van der Waals surface area contributed by atoms with Gasteiger partial charge in [0.2, 0.25) is 0 Å². The summed E-state index contributed by atoms with van der Waals surface area (Å²) in [4.78, 5) is 4.06. The van der Waals surface area contributed by atoms with Crippen molar-refractivity contribution in [3.63, 3.8) is 0 Å². The molecular formula is C10H17F3N2O. The number of hydrogen-bond donors (Lipinski definition) is 1. The average molecular weight is 238 g/mol. The van der Waals surface area contributed by atoms with Gasteiger partial charge in [0.1, 0.15) is 0 Å². The molecule has 0 aromatic carbocycles. The molecule has 2 atom stereocenters. The molecule has 2 unspecified atom stereocenters. The number of rotatable bonds is 2. The number of nitrogens with zero attached hydrogens (tertiary/aromatic N) is 2. The first-order chi connectivity index (χ1) is 7.47. The Hall–Kier alpha value is -0.330. The highest BCUT2D eigenvalue weighted by atomic mass is 19.4. The van der Waals surface area contributed by atoms with Crippen molar-refractivity contribution < 1.29 is 18.3 Å². The van der Waals surface area contributed by atoms with Crippen LogP contribution in [-0.2, 0) is 0 Å². The van der Waals surface area contributed by atoms with Gasteiger partial charge in [-0.15, -0.1) is 0 Å². The second-order valence-corrected chi connectivity index (χ2v) is 4.65. The van der Waals surface area contributed by atoms with Crippen LogP contribution in [0.5, 0.6) is 0 Å². The van der Waals surface area contributed by atoms with Gasteiger partial charge in [0.15, 0.2) is 6.10 Å². The lowest BCUT2D eigenvalue weighted by Gasteiger charge is -2.38. The highest BCUT2D eigenvalue weighted by Gasteiger charge is 2.40. The van der Waals surface area contributed by atoms with E-state index in [2.05, 4.69) is 4.90 Å². The van der Waals surface area contributed by atoms with Gasteiger partial charge in [0, 0.05) is 32.2 Å². The first kappa shape index (κ1) is 12.1. The van der Waals surface area contributed by atoms with Crippen molar-refractivity contribution in [2.24, 2.45) is 0 Å². The number of halogens is 3. The van der Waals surface area contributed by atoms with Gasteiger partial charge in [-0.25, -0.2) is 0 Å². The monoisotopic (exact) mass is 238 g/mol. The summed E-state index contributed by atoms with van der Waals surface area (Å²) in [6.07, 6.45) is -4.49. The molecule has 2 rings (SSSR count). The summed E-state index contributed by atoms with van der Waals surface area (Å²) >= 11 is 0. The quantitative estimate of drug-likeness (QED) is 0.766. The van der Waals surface area contributed by atoms with Gasteiger partial charge in [-0.1, -0.05) is 0 Å². The summed E-state index contributed by atoms with van der Waals surface area (Å²) < 4.78 is 36.6. The maximum absolute atomic E-state index is 12.2. The largest absolute Gasteiger partial charge is 0.415 e. The lowest BCUT2D eigenvalue weighted by Crippen LogP contribution is -2.53. The molecule has 6 heteroatoms. The second-order valence-electron chi connectivity index (χ2n) is 4.65. The van der Waals surface area contributed by atoms with Gasteiger partial charge in [-0.3, -0.25) is 9.80 Å². The molecule has 0 aromatic heterocycles. The van der Waals surface area contributed by atoms with Crippen LogP contribution in [0.2, 0.25) is 0 Å². The summed E-state index contributed by atoms with van der Waals surface area (Å²) in [5, 5.41) is 9.00. The molecule has 3 nitrogen and oxygen atoms in total. The fourth-order valence-corrected chi connectivity index (χ4v) is 2.57. The van der Waals surface area contributed by atoms with Crippen molar-refractivity contribution >= 4 is 0 Å². The summed E-state index contributed by atoms with van der Waals surface area (Å²) in [5.74, 6) is 0. The van der Waals surface area contributed by atoms with Crippen LogP contribution in [0.3, 0.4) is 0 Å². The van der Waals surface area contributed by atoms with Gasteiger partial charge in [-0.2, -0.15) is 13.2 Å². The second kappa shape index (κ2) is 4.50. The molecule has 0 spiro atoms. The Balaban J connectivity index is 1.83. The maximum Gasteiger partial charge on any atom is 0.415 e. The molecule has 0 amide bonds. The third kappa shape index (κ3) is 2.67. The summed E-state index contributed by atoms with van der Waals surface area (Å²) in [6.45, 7) is 2.90. The molecule has 94 valence electrons. The number of β-amino-alcohol motifs (C(OH)–C–C–N with tert-alkyl or cyclic N) is 1. The average Bonchev–Trinajstić information content (AvgIpc) is 2.63. The third-order valence-electron chi connectivity index (χ3n) is 3.48. The number of alkyl halides is 3. The van der Waals surface area contributed by atoms with Crippen LogP contribution in [0.1, 0.15) is 12.8 Å². The van der Waals surface area contributed by atoms with Crippen LogP contribution >= 0.6 is 0 Å². The SMILES string of the molecule is OC(CN1CCN2CCCC2C1)C(F)(F)F. The molecule has 2 aliphatic rings. The summed E-state index contributed by atoms with van der Waals surface area (Å²) in [6, 6.07) is 0.397. The van der Waals surface area contributed by atoms with Gasteiger partial charge in [0.05, 0.1) is 0 Å². The van der Waals surface area contributed by atoms with Gasteiger partial charge >= 0.3 is 6.18 Å². The molecule has 2 heterocycles. The Morgan fingerprint density at radius 2 is 2.00 bits per heavy atom. The van der Waals surface area contributed by atoms with Crippen molar-refractivity contribution in [1.29, 1.82) is 0 Å². The van der Waals surface area contributed by atoms with Gasteiger partial charge in [-0.05, 0) is 19.4 Å². The van der Waals surface area contributed by atoms with E-state index in [-0.39, 0.29) is 6.54 Å². The number of hydrogen-bond acceptors (Lipinski definition) is 3. The highest BCUT2D eigenvalue weighted by Crippen LogP contribution is 2.24. The Labute approximate surface area is 92.8 Å². The lowest BCUT2D eigenvalue weighted by molar-refractivity contribution is -0.209. The zero-order valence-corrected chi connectivity index (χ0v) is 9.08. The van der Waals surface area contributed by atoms with Crippen LogP contribution in [0, 0.1) is 0 Å². The molecule has 0 aliphatic carbocycles. The number of aliphatic hydroxyl groups excluding tert-OH is 1. The smallest absolute Gasteiger partial charge is 0.382 e. The van der Waals surface area contributed by atoms with Gasteiger partial charge < -0.3 is 5.11 Å². The highest BCUT2D eigenvalue weighted by molar-refractivity contribution is 4.88. The van der Waals surface area contributed by atoms with E-state index < -0.39 is 12.3 Å². The molecule has 0 saturated carbocycles. The molecule has 2 fully saturated rings. The molecule has 0 aromatic rings. The van der Waals surface area contributed by atoms with Crippen molar-refractivity contribution in [2.75, 3.05) is 32.7 Å². The Morgan fingerprint density at radius 1 is 1.25 bits per heavy atom. The minimum absolute atomic E-state index is 0.284. The van der Waals surface area contributed by atoms with E-state index in [1.807, 2.05) is 0 Å². The van der Waals surface area contributed by atoms with Crippen LogP contribution < -0.4 is 0 Å². The Bertz CT molecular complexity index is 247. The third-order valence-corrected chi connectivity index (χ3v) is 3.48. The van der Waals surface area contributed by atoms with E-state index in [0.717, 1.165) is 25.9 Å². The molecule has 1 N–H and O–H groups in total. The lowest BCUT2D eigenvalue weighted by atomic mass is 10.1. The minimum Gasteiger partial charge on any atom is -0.382 e. The molecule has 0 radical (unpaired) electrons. The fraction of sp³-hybridized carbons (Fsp3) is 1.00. The normalized spacial score (nSPS) is 30.4. The molecule has 0 bridgehead atoms. The van der Waals surface area contributed by atoms with E-state index in [9.17, 15) is 13.2 Å². The Kier molecular flexibility index (Phi) is 3.42. The van der Waals surface area contributed by atoms with Gasteiger partial charge in [0.25, 0.3) is 0 Å². The molecule has 2 saturated heterocycles. The topological polar surface area (TPSA) is 26.7 Å². The predicted molar refractivity (Wildman–Crippen MR) is 53.1 cm³/mol. The van der Waals surface area contributed by atoms with Crippen molar-refractivity contribution in [3.05, 3.63) is 0 Å². The molecular weight excluding hydrogens is 221 g/mol. The molecule has 2 aliphatic heterocycles. The van der Waals surface area contributed by atoms with Crippen LogP contribution in [0.4, 0.5) is 13.2 Å². The zero-order valence-electron chi connectivity index (χ0n) is 9.08. The van der Waals surface area contributed by atoms with Crippen molar-refractivity contribution in [2.45, 2.75) is 31.2 Å². The minimum atomic E-state index is -4.49. The standard InChI is InChI=1S/C10H17F3N2O/c11-10(12,13)9(16)7-14-4-5-15-3-1-2-8(15)6-14/h8-9,16H,1-7H2. The van der Waals surface area contributed by atoms with Crippen molar-refractivity contribution in [1.82, 2.24) is 9.80 Å². The van der Waals surface area contributed by atoms with Crippen molar-refractivity contribution in [3.8, 4) is 0 Å². The van der Waals surface area contributed by atoms with E-state index in [4.69, 9.17) is 5.11 Å². The Morgan fingerprint density at radius 3 is 2.69 bits per heavy atom.